The summed E-state index contributed by atoms with van der Waals surface area (Å²) in [5, 5.41) is 11.6. The third-order valence-corrected chi connectivity index (χ3v) is 7.70. The Morgan fingerprint density at radius 2 is 1.35 bits per heavy atom. The van der Waals surface area contributed by atoms with Crippen molar-refractivity contribution in [1.29, 1.82) is 0 Å². The number of nitrogens with zero attached hydrogens (tertiary/aromatic N) is 1. The van der Waals surface area contributed by atoms with Gasteiger partial charge in [-0.3, -0.25) is 5.01 Å². The molecule has 0 saturated carbocycles. The molecule has 0 saturated heterocycles. The molecule has 0 fully saturated rings. The van der Waals surface area contributed by atoms with E-state index in [-0.39, 0.29) is 17.0 Å². The van der Waals surface area contributed by atoms with Gasteiger partial charge in [-0.2, -0.15) is 5.01 Å². The van der Waals surface area contributed by atoms with Gasteiger partial charge in [0.15, 0.2) is 5.69 Å². The minimum Gasteiger partial charge on any atom is -1.00 e. The average molecular weight is 555 g/mol. The lowest BCUT2D eigenvalue weighted by molar-refractivity contribution is -0.834. The van der Waals surface area contributed by atoms with Crippen LogP contribution < -0.4 is 27.5 Å². The highest BCUT2D eigenvalue weighted by molar-refractivity contribution is 6.24. The highest BCUT2D eigenvalue weighted by Gasteiger charge is 2.28. The van der Waals surface area contributed by atoms with Crippen LogP contribution in [-0.2, 0) is 6.54 Å². The van der Waals surface area contributed by atoms with Crippen molar-refractivity contribution in [3.05, 3.63) is 102 Å². The molecule has 1 unspecified atom stereocenters. The van der Waals surface area contributed by atoms with Crippen LogP contribution in [0.2, 0.25) is 0 Å². The maximum Gasteiger partial charge on any atom is 0.164 e. The van der Waals surface area contributed by atoms with Crippen LogP contribution in [0.5, 0.6) is 0 Å². The van der Waals surface area contributed by atoms with Crippen molar-refractivity contribution >= 4 is 38.0 Å². The van der Waals surface area contributed by atoms with E-state index in [1.807, 2.05) is 0 Å². The van der Waals surface area contributed by atoms with Crippen molar-refractivity contribution in [1.82, 2.24) is 10.5 Å². The van der Waals surface area contributed by atoms with E-state index in [1.165, 1.54) is 92.8 Å². The van der Waals surface area contributed by atoms with Gasteiger partial charge in [-0.1, -0.05) is 111 Å². The normalized spacial score (nSPS) is 15.5. The van der Waals surface area contributed by atoms with Crippen LogP contribution in [0.3, 0.4) is 0 Å². The number of halogens is 1. The molecular weight excluding hydrogens is 518 g/mol. The lowest BCUT2D eigenvalue weighted by Gasteiger charge is -2.22. The fourth-order valence-corrected chi connectivity index (χ4v) is 5.80. The molecule has 1 atom stereocenters. The van der Waals surface area contributed by atoms with Crippen molar-refractivity contribution in [2.45, 2.75) is 58.4 Å². The first-order chi connectivity index (χ1) is 17.8. The number of quaternary nitrogens is 1. The molecule has 0 bridgehead atoms. The maximum atomic E-state index is 3.80. The van der Waals surface area contributed by atoms with Gasteiger partial charge in [0.2, 0.25) is 0 Å². The lowest BCUT2D eigenvalue weighted by Crippen LogP contribution is -3.09. The number of rotatable bonds is 10. The molecule has 37 heavy (non-hydrogen) atoms. The summed E-state index contributed by atoms with van der Waals surface area (Å²) in [5.74, 6) is 0. The molecular formula is C33H36BrN3. The Labute approximate surface area is 230 Å². The molecule has 6 rings (SSSR count). The molecule has 3 nitrogen and oxygen atoms in total. The molecule has 1 aliphatic heterocycles. The SMILES string of the molecule is CCCCCCCCC1=C[NH+](c2ccc3ccc4cccc5ccc2c3c45)NN1Cc1ccccc1.[Br-]. The third-order valence-electron chi connectivity index (χ3n) is 7.70. The molecule has 0 amide bonds. The summed E-state index contributed by atoms with van der Waals surface area (Å²) >= 11 is 0. The summed E-state index contributed by atoms with van der Waals surface area (Å²) in [4.78, 5) is 0. The number of unbranched alkanes of at least 4 members (excludes halogenated alkanes) is 5. The van der Waals surface area contributed by atoms with Gasteiger partial charge in [0.05, 0.1) is 12.2 Å². The van der Waals surface area contributed by atoms with Gasteiger partial charge in [-0.15, -0.1) is 0 Å². The Morgan fingerprint density at radius 3 is 2.14 bits per heavy atom. The zero-order valence-electron chi connectivity index (χ0n) is 21.6. The molecule has 0 aromatic heterocycles. The summed E-state index contributed by atoms with van der Waals surface area (Å²) < 4.78 is 0. The summed E-state index contributed by atoms with van der Waals surface area (Å²) in [5.41, 5.74) is 7.81. The van der Waals surface area contributed by atoms with Crippen LogP contribution in [0.25, 0.3) is 32.3 Å². The quantitative estimate of drug-likeness (QED) is 0.194. The molecule has 1 aliphatic rings. The molecule has 0 aliphatic carbocycles. The van der Waals surface area contributed by atoms with Gasteiger partial charge < -0.3 is 17.0 Å². The van der Waals surface area contributed by atoms with E-state index in [4.69, 9.17) is 0 Å². The monoisotopic (exact) mass is 553 g/mol. The van der Waals surface area contributed by atoms with Crippen molar-refractivity contribution < 1.29 is 22.0 Å². The van der Waals surface area contributed by atoms with Crippen molar-refractivity contribution in [2.24, 2.45) is 0 Å². The Morgan fingerprint density at radius 1 is 0.676 bits per heavy atom. The number of hydrogen-bond donors (Lipinski definition) is 2. The Hall–Kier alpha value is -2.92. The predicted octanol–water partition coefficient (Wildman–Crippen LogP) is 4.63. The van der Waals surface area contributed by atoms with Crippen LogP contribution in [0, 0.1) is 0 Å². The number of benzene rings is 5. The first kappa shape index (κ1) is 25.7. The van der Waals surface area contributed by atoms with E-state index in [1.54, 1.807) is 0 Å². The standard InChI is InChI=1S/C33H35N3.BrH/c1-2-3-4-5-6-10-16-29-24-36(34-35(29)23-25-12-8-7-9-13-25)31-22-20-28-18-17-26-14-11-15-27-19-21-30(31)33(28)32(26)27;/h7-9,11-15,17-22,24,34H,2-6,10,16,23H2,1H3;1H. The van der Waals surface area contributed by atoms with Crippen LogP contribution in [0.4, 0.5) is 5.69 Å². The van der Waals surface area contributed by atoms with E-state index in [0.29, 0.717) is 0 Å². The molecule has 0 spiro atoms. The van der Waals surface area contributed by atoms with Crippen LogP contribution in [0.15, 0.2) is 96.8 Å². The Kier molecular flexibility index (Phi) is 8.09. The smallest absolute Gasteiger partial charge is 0.164 e. The molecule has 0 radical (unpaired) electrons. The van der Waals surface area contributed by atoms with Crippen molar-refractivity contribution in [3.63, 3.8) is 0 Å². The fourth-order valence-electron chi connectivity index (χ4n) is 5.80. The van der Waals surface area contributed by atoms with Crippen LogP contribution in [-0.4, -0.2) is 5.01 Å². The highest BCUT2D eigenvalue weighted by Crippen LogP contribution is 2.36. The first-order valence-corrected chi connectivity index (χ1v) is 13.6. The topological polar surface area (TPSA) is 19.7 Å². The van der Waals surface area contributed by atoms with Gasteiger partial charge in [-0.25, -0.2) is 0 Å². The minimum absolute atomic E-state index is 0. The lowest BCUT2D eigenvalue weighted by atomic mass is 9.93. The number of hydrogen-bond acceptors (Lipinski definition) is 2. The first-order valence-electron chi connectivity index (χ1n) is 13.6. The molecule has 5 aromatic rings. The second-order valence-corrected chi connectivity index (χ2v) is 10.2. The van der Waals surface area contributed by atoms with Gasteiger partial charge in [-0.05, 0) is 52.1 Å². The minimum atomic E-state index is 0. The van der Waals surface area contributed by atoms with E-state index in [0.717, 1.165) is 13.0 Å². The van der Waals surface area contributed by atoms with E-state index >= 15 is 0 Å². The summed E-state index contributed by atoms with van der Waals surface area (Å²) in [7, 11) is 0. The molecule has 5 aromatic carbocycles. The molecule has 2 N–H and O–H groups in total. The molecule has 1 heterocycles. The summed E-state index contributed by atoms with van der Waals surface area (Å²) in [6.07, 6.45) is 11.4. The van der Waals surface area contributed by atoms with Gasteiger partial charge >= 0.3 is 0 Å². The molecule has 190 valence electrons. The summed E-state index contributed by atoms with van der Waals surface area (Å²) in [6, 6.07) is 31.1. The van der Waals surface area contributed by atoms with Crippen molar-refractivity contribution in [3.8, 4) is 0 Å². The van der Waals surface area contributed by atoms with Gasteiger partial charge in [0.25, 0.3) is 0 Å². The summed E-state index contributed by atoms with van der Waals surface area (Å²) in [6.45, 7) is 3.16. The molecule has 4 heteroatoms. The Bertz CT molecular complexity index is 1480. The maximum absolute atomic E-state index is 3.80. The van der Waals surface area contributed by atoms with Gasteiger partial charge in [0.1, 0.15) is 6.20 Å². The van der Waals surface area contributed by atoms with E-state index in [9.17, 15) is 0 Å². The number of hydrazine groups is 1. The second-order valence-electron chi connectivity index (χ2n) is 10.2. The van der Waals surface area contributed by atoms with Gasteiger partial charge in [0, 0.05) is 16.8 Å². The van der Waals surface area contributed by atoms with Crippen LogP contribution >= 0.6 is 0 Å². The predicted molar refractivity (Wildman–Crippen MR) is 152 cm³/mol. The number of nitrogens with one attached hydrogen (secondary N) is 2. The average Bonchev–Trinajstić information content (AvgIpc) is 3.31. The van der Waals surface area contributed by atoms with Crippen LogP contribution in [0.1, 0.15) is 57.4 Å². The fraction of sp³-hybridized carbons (Fsp3) is 0.273. The number of allylic oxidation sites excluding steroid dienone is 1. The largest absolute Gasteiger partial charge is 1.00 e. The zero-order valence-corrected chi connectivity index (χ0v) is 23.2. The Balaban J connectivity index is 0.00000280. The van der Waals surface area contributed by atoms with E-state index < -0.39 is 0 Å². The zero-order chi connectivity index (χ0) is 24.3. The van der Waals surface area contributed by atoms with Crippen molar-refractivity contribution in [2.75, 3.05) is 0 Å². The second kappa shape index (κ2) is 11.6. The third kappa shape index (κ3) is 5.24. The highest BCUT2D eigenvalue weighted by atomic mass is 79.9. The van der Waals surface area contributed by atoms with E-state index in [2.05, 4.69) is 109 Å².